The molecule has 6 heteroatoms. The van der Waals surface area contributed by atoms with Gasteiger partial charge in [-0.2, -0.15) is 0 Å². The first-order valence-corrected chi connectivity index (χ1v) is 7.23. The van der Waals surface area contributed by atoms with Crippen molar-refractivity contribution in [3.8, 4) is 0 Å². The maximum atomic E-state index is 13.2. The Balaban J connectivity index is 2.48. The molecule has 0 heterocycles. The molecule has 0 saturated carbocycles. The normalized spacial score (nSPS) is 13.5. The van der Waals surface area contributed by atoms with Crippen LogP contribution in [0.2, 0.25) is 5.02 Å². The summed E-state index contributed by atoms with van der Waals surface area (Å²) in [6, 6.07) is 10.6. The van der Waals surface area contributed by atoms with Gasteiger partial charge in [-0.05, 0) is 37.3 Å². The minimum absolute atomic E-state index is 0.377. The van der Waals surface area contributed by atoms with Gasteiger partial charge in [0.05, 0.1) is 0 Å². The first kappa shape index (κ1) is 15.8. The molecule has 1 unspecified atom stereocenters. The Kier molecular flexibility index (Phi) is 4.54. The average Bonchev–Trinajstić information content (AvgIpc) is 2.38. The van der Waals surface area contributed by atoms with Crippen LogP contribution in [0.5, 0.6) is 0 Å². The second-order valence-electron chi connectivity index (χ2n) is 4.69. The lowest BCUT2D eigenvalue weighted by Gasteiger charge is -2.29. The molecule has 3 nitrogen and oxygen atoms in total. The largest absolute Gasteiger partial charge is 0.479 e. The smallest absolute Gasteiger partial charge is 0.333 e. The summed E-state index contributed by atoms with van der Waals surface area (Å²) in [5.41, 5.74) is -0.461. The number of carbonyl (C=O) groups is 1. The summed E-state index contributed by atoms with van der Waals surface area (Å²) in [5, 5.41) is 13.0. The Morgan fingerprint density at radius 1 is 1.33 bits per heavy atom. The molecular weight excluding hydrogens is 361 g/mol. The number of aliphatic carboxylic acids is 1. The zero-order valence-electron chi connectivity index (χ0n) is 11.0. The van der Waals surface area contributed by atoms with Crippen LogP contribution < -0.4 is 5.32 Å². The highest BCUT2D eigenvalue weighted by Gasteiger charge is 2.37. The number of hydrogen-bond acceptors (Lipinski definition) is 2. The van der Waals surface area contributed by atoms with E-state index in [1.807, 2.05) is 0 Å². The minimum atomic E-state index is -1.43. The van der Waals surface area contributed by atoms with Gasteiger partial charge in [-0.25, -0.2) is 9.18 Å². The van der Waals surface area contributed by atoms with Gasteiger partial charge in [-0.3, -0.25) is 0 Å². The molecule has 0 bridgehead atoms. The lowest BCUT2D eigenvalue weighted by Crippen LogP contribution is -2.40. The van der Waals surface area contributed by atoms with E-state index in [4.69, 9.17) is 11.6 Å². The number of carboxylic acid groups (broad SMARTS) is 1. The highest BCUT2D eigenvalue weighted by Crippen LogP contribution is 2.33. The van der Waals surface area contributed by atoms with E-state index >= 15 is 0 Å². The number of hydrogen-bond donors (Lipinski definition) is 2. The number of nitrogens with one attached hydrogen (secondary N) is 1. The van der Waals surface area contributed by atoms with Crippen molar-refractivity contribution >= 4 is 39.2 Å². The third kappa shape index (κ3) is 3.36. The van der Waals surface area contributed by atoms with E-state index in [0.29, 0.717) is 20.7 Å². The van der Waals surface area contributed by atoms with Crippen LogP contribution in [0, 0.1) is 5.82 Å². The molecule has 0 saturated heterocycles. The molecule has 0 fully saturated rings. The summed E-state index contributed by atoms with van der Waals surface area (Å²) >= 11 is 9.11. The second kappa shape index (κ2) is 6.03. The van der Waals surface area contributed by atoms with Gasteiger partial charge in [0.15, 0.2) is 5.54 Å². The van der Waals surface area contributed by atoms with Crippen molar-refractivity contribution in [3.05, 3.63) is 63.3 Å². The summed E-state index contributed by atoms with van der Waals surface area (Å²) < 4.78 is 13.6. The van der Waals surface area contributed by atoms with E-state index in [9.17, 15) is 14.3 Å². The van der Waals surface area contributed by atoms with Crippen molar-refractivity contribution < 1.29 is 14.3 Å². The summed E-state index contributed by atoms with van der Waals surface area (Å²) in [6.07, 6.45) is 0. The van der Waals surface area contributed by atoms with Gasteiger partial charge < -0.3 is 10.4 Å². The van der Waals surface area contributed by atoms with Crippen LogP contribution >= 0.6 is 27.5 Å². The predicted molar refractivity (Wildman–Crippen MR) is 84.2 cm³/mol. The lowest BCUT2D eigenvalue weighted by atomic mass is 9.91. The molecule has 0 radical (unpaired) electrons. The standard InChI is InChI=1S/C15H12BrClFNO2/c1-15(14(20)21,12-6-5-10(18)8-13(12)16)19-11-4-2-3-9(17)7-11/h2-8,19H,1H3,(H,20,21). The molecule has 0 spiro atoms. The maximum Gasteiger partial charge on any atom is 0.333 e. The van der Waals surface area contributed by atoms with E-state index in [2.05, 4.69) is 21.2 Å². The summed E-state index contributed by atoms with van der Waals surface area (Å²) in [6.45, 7) is 1.51. The van der Waals surface area contributed by atoms with Crippen LogP contribution in [-0.2, 0) is 10.3 Å². The number of anilines is 1. The lowest BCUT2D eigenvalue weighted by molar-refractivity contribution is -0.142. The van der Waals surface area contributed by atoms with E-state index in [-0.39, 0.29) is 0 Å². The maximum absolute atomic E-state index is 13.2. The minimum Gasteiger partial charge on any atom is -0.479 e. The zero-order chi connectivity index (χ0) is 15.6. The van der Waals surface area contributed by atoms with Crippen molar-refractivity contribution in [2.24, 2.45) is 0 Å². The molecule has 0 aliphatic heterocycles. The monoisotopic (exact) mass is 371 g/mol. The number of halogens is 3. The highest BCUT2D eigenvalue weighted by molar-refractivity contribution is 9.10. The van der Waals surface area contributed by atoms with Crippen LogP contribution in [0.3, 0.4) is 0 Å². The van der Waals surface area contributed by atoms with Gasteiger partial charge in [0.2, 0.25) is 0 Å². The molecule has 0 aromatic heterocycles. The van der Waals surface area contributed by atoms with Gasteiger partial charge in [-0.15, -0.1) is 0 Å². The number of benzene rings is 2. The molecule has 110 valence electrons. The zero-order valence-corrected chi connectivity index (χ0v) is 13.4. The molecular formula is C15H12BrClFNO2. The Bertz CT molecular complexity index is 695. The molecule has 21 heavy (non-hydrogen) atoms. The van der Waals surface area contributed by atoms with E-state index in [0.717, 1.165) is 0 Å². The van der Waals surface area contributed by atoms with Crippen molar-refractivity contribution in [3.63, 3.8) is 0 Å². The van der Waals surface area contributed by atoms with Gasteiger partial charge >= 0.3 is 5.97 Å². The molecule has 2 aromatic rings. The van der Waals surface area contributed by atoms with Crippen LogP contribution in [0.4, 0.5) is 10.1 Å². The van der Waals surface area contributed by atoms with E-state index in [1.165, 1.54) is 25.1 Å². The van der Waals surface area contributed by atoms with Crippen molar-refractivity contribution in [2.45, 2.75) is 12.5 Å². The van der Waals surface area contributed by atoms with Gasteiger partial charge in [0.1, 0.15) is 5.82 Å². The van der Waals surface area contributed by atoms with Crippen LogP contribution in [0.25, 0.3) is 0 Å². The molecule has 0 aliphatic carbocycles. The third-order valence-corrected chi connectivity index (χ3v) is 4.01. The fraction of sp³-hybridized carbons (Fsp3) is 0.133. The Labute approximate surface area is 134 Å². The Morgan fingerprint density at radius 3 is 2.62 bits per heavy atom. The Hall–Kier alpha value is -1.59. The quantitative estimate of drug-likeness (QED) is 0.821. The third-order valence-electron chi connectivity index (χ3n) is 3.12. The fourth-order valence-corrected chi connectivity index (χ4v) is 2.92. The van der Waals surface area contributed by atoms with E-state index < -0.39 is 17.3 Å². The molecule has 2 N–H and O–H groups in total. The average molecular weight is 373 g/mol. The SMILES string of the molecule is CC(Nc1cccc(Cl)c1)(C(=O)O)c1ccc(F)cc1Br. The van der Waals surface area contributed by atoms with E-state index in [1.54, 1.807) is 24.3 Å². The summed E-state index contributed by atoms with van der Waals surface area (Å²) in [4.78, 5) is 11.7. The van der Waals surface area contributed by atoms with Crippen LogP contribution in [0.1, 0.15) is 12.5 Å². The number of rotatable bonds is 4. The van der Waals surface area contributed by atoms with Crippen molar-refractivity contribution in [1.82, 2.24) is 0 Å². The Morgan fingerprint density at radius 2 is 2.05 bits per heavy atom. The molecule has 2 aromatic carbocycles. The molecule has 0 amide bonds. The van der Waals surface area contributed by atoms with Crippen molar-refractivity contribution in [1.29, 1.82) is 0 Å². The first-order chi connectivity index (χ1) is 9.83. The van der Waals surface area contributed by atoms with Crippen molar-refractivity contribution in [2.75, 3.05) is 5.32 Å². The summed E-state index contributed by atoms with van der Waals surface area (Å²) in [7, 11) is 0. The first-order valence-electron chi connectivity index (χ1n) is 6.05. The van der Waals surface area contributed by atoms with Gasteiger partial charge in [0.25, 0.3) is 0 Å². The van der Waals surface area contributed by atoms with Crippen LogP contribution in [0.15, 0.2) is 46.9 Å². The summed E-state index contributed by atoms with van der Waals surface area (Å²) in [5.74, 6) is -1.53. The molecule has 0 aliphatic rings. The molecule has 1 atom stereocenters. The fourth-order valence-electron chi connectivity index (χ4n) is 1.99. The predicted octanol–water partition coefficient (Wildman–Crippen LogP) is 4.65. The van der Waals surface area contributed by atoms with Gasteiger partial charge in [0, 0.05) is 20.7 Å². The number of carboxylic acids is 1. The van der Waals surface area contributed by atoms with Crippen LogP contribution in [-0.4, -0.2) is 11.1 Å². The molecule has 2 rings (SSSR count). The highest BCUT2D eigenvalue weighted by atomic mass is 79.9. The topological polar surface area (TPSA) is 49.3 Å². The van der Waals surface area contributed by atoms with Gasteiger partial charge in [-0.1, -0.05) is 39.7 Å². The second-order valence-corrected chi connectivity index (χ2v) is 5.98.